The maximum Gasteiger partial charge on any atom is 0.229 e. The van der Waals surface area contributed by atoms with Crippen LogP contribution in [0.3, 0.4) is 0 Å². The molecule has 4 nitrogen and oxygen atoms in total. The summed E-state index contributed by atoms with van der Waals surface area (Å²) in [5.41, 5.74) is -0.705. The molecule has 2 aliphatic rings. The Balaban J connectivity index is 1.55. The molecule has 1 aliphatic heterocycles. The Morgan fingerprint density at radius 2 is 2.05 bits per heavy atom. The molecule has 3 rings (SSSR count). The highest BCUT2D eigenvalue weighted by molar-refractivity contribution is 6.53. The summed E-state index contributed by atoms with van der Waals surface area (Å²) < 4.78 is 10.4. The van der Waals surface area contributed by atoms with Gasteiger partial charge in [-0.2, -0.15) is 0 Å². The average Bonchev–Trinajstić information content (AvgIpc) is 2.96. The molecule has 1 aliphatic carbocycles. The Labute approximate surface area is 127 Å². The first-order valence-corrected chi connectivity index (χ1v) is 7.23. The number of ether oxygens (including phenoxy) is 2. The van der Waals surface area contributed by atoms with E-state index in [1.807, 2.05) is 24.3 Å². The third kappa shape index (κ3) is 2.31. The molecule has 0 unspecified atom stereocenters. The van der Waals surface area contributed by atoms with E-state index in [9.17, 15) is 4.79 Å². The molecule has 0 bridgehead atoms. The van der Waals surface area contributed by atoms with Crippen molar-refractivity contribution in [1.82, 2.24) is 5.32 Å². The lowest BCUT2D eigenvalue weighted by atomic mass is 10.1. The van der Waals surface area contributed by atoms with Crippen LogP contribution in [0.5, 0.6) is 11.5 Å². The molecule has 108 valence electrons. The molecule has 0 saturated heterocycles. The fourth-order valence-electron chi connectivity index (χ4n) is 2.21. The van der Waals surface area contributed by atoms with Crippen molar-refractivity contribution in [2.45, 2.75) is 23.8 Å². The van der Waals surface area contributed by atoms with Gasteiger partial charge in [0.05, 0.1) is 12.0 Å². The first kappa shape index (κ1) is 13.8. The Morgan fingerprint density at radius 3 is 2.70 bits per heavy atom. The molecular formula is C14H15Cl2NO3. The van der Waals surface area contributed by atoms with E-state index in [0.29, 0.717) is 25.3 Å². The van der Waals surface area contributed by atoms with Crippen LogP contribution in [0.25, 0.3) is 0 Å². The van der Waals surface area contributed by atoms with E-state index in [4.69, 9.17) is 32.7 Å². The van der Waals surface area contributed by atoms with Gasteiger partial charge in [0.1, 0.15) is 17.0 Å². The summed E-state index contributed by atoms with van der Waals surface area (Å²) in [5, 5.41) is 2.83. The molecule has 1 aromatic rings. The van der Waals surface area contributed by atoms with E-state index in [0.717, 1.165) is 5.75 Å². The Bertz CT molecular complexity index is 549. The smallest absolute Gasteiger partial charge is 0.229 e. The predicted octanol–water partition coefficient (Wildman–Crippen LogP) is 2.53. The van der Waals surface area contributed by atoms with Crippen molar-refractivity contribution in [3.05, 3.63) is 24.3 Å². The van der Waals surface area contributed by atoms with Gasteiger partial charge >= 0.3 is 0 Å². The number of alkyl halides is 2. The van der Waals surface area contributed by atoms with Crippen molar-refractivity contribution in [3.8, 4) is 11.5 Å². The van der Waals surface area contributed by atoms with Gasteiger partial charge in [-0.1, -0.05) is 12.1 Å². The molecule has 0 aromatic heterocycles. The minimum absolute atomic E-state index is 0.148. The average molecular weight is 316 g/mol. The quantitative estimate of drug-likeness (QED) is 0.872. The summed E-state index contributed by atoms with van der Waals surface area (Å²) in [5.74, 6) is 1.27. The number of nitrogens with one attached hydrogen (secondary N) is 1. The zero-order valence-electron chi connectivity index (χ0n) is 11.0. The van der Waals surface area contributed by atoms with Gasteiger partial charge in [0.2, 0.25) is 5.91 Å². The molecule has 6 heteroatoms. The monoisotopic (exact) mass is 315 g/mol. The van der Waals surface area contributed by atoms with Crippen molar-refractivity contribution in [2.75, 3.05) is 13.2 Å². The zero-order valence-corrected chi connectivity index (χ0v) is 12.5. The van der Waals surface area contributed by atoms with Crippen molar-refractivity contribution in [1.29, 1.82) is 0 Å². The van der Waals surface area contributed by atoms with E-state index in [2.05, 4.69) is 5.32 Å². The summed E-state index contributed by atoms with van der Waals surface area (Å²) in [7, 11) is 0. The molecule has 2 atom stereocenters. The zero-order chi connectivity index (χ0) is 14.4. The molecule has 1 fully saturated rings. The summed E-state index contributed by atoms with van der Waals surface area (Å²) in [6.45, 7) is 2.53. The second kappa shape index (κ2) is 4.71. The van der Waals surface area contributed by atoms with Crippen LogP contribution in [0.1, 0.15) is 13.3 Å². The van der Waals surface area contributed by atoms with Crippen LogP contribution in [0, 0.1) is 5.41 Å². The molecule has 0 spiro atoms. The molecule has 1 saturated carbocycles. The minimum Gasteiger partial charge on any atom is -0.486 e. The van der Waals surface area contributed by atoms with Gasteiger partial charge in [0.25, 0.3) is 0 Å². The Morgan fingerprint density at radius 1 is 1.40 bits per heavy atom. The SMILES string of the molecule is C[C@]1(C(=O)NC[C@@H]2COc3ccccc3O2)CC1(Cl)Cl. The van der Waals surface area contributed by atoms with Crippen LogP contribution in [-0.2, 0) is 4.79 Å². The van der Waals surface area contributed by atoms with Crippen molar-refractivity contribution in [2.24, 2.45) is 5.41 Å². The number of hydrogen-bond donors (Lipinski definition) is 1. The van der Waals surface area contributed by atoms with Gasteiger partial charge in [-0.25, -0.2) is 0 Å². The Hall–Kier alpha value is -1.13. The van der Waals surface area contributed by atoms with Gasteiger partial charge in [0, 0.05) is 0 Å². The highest BCUT2D eigenvalue weighted by Crippen LogP contribution is 2.63. The van der Waals surface area contributed by atoms with Crippen molar-refractivity contribution >= 4 is 29.1 Å². The number of carbonyl (C=O) groups excluding carboxylic acids is 1. The van der Waals surface area contributed by atoms with Crippen LogP contribution in [0.15, 0.2) is 24.3 Å². The Kier molecular flexibility index (Phi) is 3.26. The van der Waals surface area contributed by atoms with Gasteiger partial charge < -0.3 is 14.8 Å². The minimum atomic E-state index is -0.951. The van der Waals surface area contributed by atoms with E-state index in [1.165, 1.54) is 0 Å². The van der Waals surface area contributed by atoms with Crippen LogP contribution >= 0.6 is 23.2 Å². The molecular weight excluding hydrogens is 301 g/mol. The topological polar surface area (TPSA) is 47.6 Å². The molecule has 1 N–H and O–H groups in total. The number of amides is 1. The van der Waals surface area contributed by atoms with Gasteiger partial charge in [0.15, 0.2) is 11.5 Å². The lowest BCUT2D eigenvalue weighted by Crippen LogP contribution is -2.43. The van der Waals surface area contributed by atoms with E-state index < -0.39 is 9.75 Å². The number of para-hydroxylation sites is 2. The third-order valence-electron chi connectivity index (χ3n) is 3.82. The van der Waals surface area contributed by atoms with E-state index >= 15 is 0 Å². The maximum atomic E-state index is 12.1. The lowest BCUT2D eigenvalue weighted by Gasteiger charge is -2.27. The molecule has 1 aromatic carbocycles. The highest BCUT2D eigenvalue weighted by Gasteiger charge is 2.67. The van der Waals surface area contributed by atoms with Crippen LogP contribution in [0.4, 0.5) is 0 Å². The normalized spacial score (nSPS) is 29.6. The molecule has 1 heterocycles. The number of halogens is 2. The van der Waals surface area contributed by atoms with Crippen molar-refractivity contribution < 1.29 is 14.3 Å². The summed E-state index contributed by atoms with van der Waals surface area (Å²) in [4.78, 5) is 12.1. The van der Waals surface area contributed by atoms with Gasteiger partial charge in [-0.3, -0.25) is 4.79 Å². The highest BCUT2D eigenvalue weighted by atomic mass is 35.5. The summed E-state index contributed by atoms with van der Waals surface area (Å²) in [6, 6.07) is 7.46. The largest absolute Gasteiger partial charge is 0.486 e. The van der Waals surface area contributed by atoms with Crippen LogP contribution < -0.4 is 14.8 Å². The second-order valence-corrected chi connectivity index (χ2v) is 6.90. The molecule has 20 heavy (non-hydrogen) atoms. The standard InChI is InChI=1S/C14H15Cl2NO3/c1-13(8-14(13,15)16)12(18)17-6-9-7-19-10-4-2-3-5-11(10)20-9/h2-5,9H,6-8H2,1H3,(H,17,18)/t9-,13-/m1/s1. The lowest BCUT2D eigenvalue weighted by molar-refractivity contribution is -0.126. The van der Waals surface area contributed by atoms with Gasteiger partial charge in [-0.15, -0.1) is 23.2 Å². The number of fused-ring (bicyclic) bond motifs is 1. The first-order valence-electron chi connectivity index (χ1n) is 6.47. The van der Waals surface area contributed by atoms with Crippen molar-refractivity contribution in [3.63, 3.8) is 0 Å². The number of carbonyl (C=O) groups is 1. The fraction of sp³-hybridized carbons (Fsp3) is 0.500. The maximum absolute atomic E-state index is 12.1. The third-order valence-corrected chi connectivity index (χ3v) is 4.92. The van der Waals surface area contributed by atoms with E-state index in [-0.39, 0.29) is 12.0 Å². The van der Waals surface area contributed by atoms with Crippen LogP contribution in [-0.4, -0.2) is 29.5 Å². The predicted molar refractivity (Wildman–Crippen MR) is 76.5 cm³/mol. The summed E-state index contributed by atoms with van der Waals surface area (Å²) >= 11 is 12.0. The molecule has 0 radical (unpaired) electrons. The number of hydrogen-bond acceptors (Lipinski definition) is 3. The van der Waals surface area contributed by atoms with Crippen LogP contribution in [0.2, 0.25) is 0 Å². The number of benzene rings is 1. The number of rotatable bonds is 3. The summed E-state index contributed by atoms with van der Waals surface area (Å²) in [6.07, 6.45) is 0.260. The first-order chi connectivity index (χ1) is 9.42. The van der Waals surface area contributed by atoms with Gasteiger partial charge in [-0.05, 0) is 25.5 Å². The molecule has 1 amide bonds. The fourth-order valence-corrected chi connectivity index (χ4v) is 2.92. The van der Waals surface area contributed by atoms with E-state index in [1.54, 1.807) is 6.92 Å². The second-order valence-electron chi connectivity index (χ2n) is 5.42.